The summed E-state index contributed by atoms with van der Waals surface area (Å²) >= 11 is 0. The molecule has 0 spiro atoms. The molecule has 2 fully saturated rings. The highest BCUT2D eigenvalue weighted by molar-refractivity contribution is 7.89. The zero-order valence-electron chi connectivity index (χ0n) is 11.6. The van der Waals surface area contributed by atoms with Crippen molar-refractivity contribution in [3.63, 3.8) is 0 Å². The van der Waals surface area contributed by atoms with E-state index in [4.69, 9.17) is 4.74 Å². The Balaban J connectivity index is 1.65. The van der Waals surface area contributed by atoms with Gasteiger partial charge < -0.3 is 10.1 Å². The molecule has 0 aliphatic carbocycles. The molecule has 0 bridgehead atoms. The molecule has 2 N–H and O–H groups in total. The summed E-state index contributed by atoms with van der Waals surface area (Å²) in [6, 6.07) is 0. The molecule has 19 heavy (non-hydrogen) atoms. The summed E-state index contributed by atoms with van der Waals surface area (Å²) in [5.41, 5.74) is 0. The van der Waals surface area contributed by atoms with E-state index in [-0.39, 0.29) is 11.9 Å². The Hall–Kier alpha value is -0.170. The molecule has 112 valence electrons. The maximum atomic E-state index is 11.9. The highest BCUT2D eigenvalue weighted by atomic mass is 32.2. The van der Waals surface area contributed by atoms with Crippen LogP contribution >= 0.6 is 0 Å². The Morgan fingerprint density at radius 3 is 2.79 bits per heavy atom. The number of hydrogen-bond donors (Lipinski definition) is 2. The maximum Gasteiger partial charge on any atom is 0.214 e. The van der Waals surface area contributed by atoms with Gasteiger partial charge >= 0.3 is 0 Å². The van der Waals surface area contributed by atoms with Crippen LogP contribution in [0.3, 0.4) is 0 Å². The molecular formula is C13H26N2O3S. The van der Waals surface area contributed by atoms with Crippen LogP contribution in [0, 0.1) is 5.92 Å². The number of piperidine rings is 1. The van der Waals surface area contributed by atoms with Crippen molar-refractivity contribution in [3.05, 3.63) is 0 Å². The first-order valence-electron chi connectivity index (χ1n) is 7.45. The molecule has 2 aliphatic heterocycles. The SMILES string of the molecule is O=S(=O)(CC1CCCCO1)NCCC1CCCNC1. The number of sulfonamides is 1. The van der Waals surface area contributed by atoms with E-state index < -0.39 is 10.0 Å². The Labute approximate surface area is 116 Å². The first-order valence-corrected chi connectivity index (χ1v) is 9.10. The summed E-state index contributed by atoms with van der Waals surface area (Å²) in [5, 5.41) is 3.35. The minimum Gasteiger partial charge on any atom is -0.377 e. The van der Waals surface area contributed by atoms with Crippen molar-refractivity contribution in [2.45, 2.75) is 44.6 Å². The van der Waals surface area contributed by atoms with Gasteiger partial charge in [0, 0.05) is 13.2 Å². The smallest absolute Gasteiger partial charge is 0.214 e. The molecule has 0 aromatic rings. The fraction of sp³-hybridized carbons (Fsp3) is 1.00. The van der Waals surface area contributed by atoms with Crippen LogP contribution in [-0.2, 0) is 14.8 Å². The van der Waals surface area contributed by atoms with Crippen molar-refractivity contribution in [1.82, 2.24) is 10.0 Å². The number of nitrogens with one attached hydrogen (secondary N) is 2. The lowest BCUT2D eigenvalue weighted by atomic mass is 9.96. The van der Waals surface area contributed by atoms with Gasteiger partial charge in [-0.1, -0.05) is 0 Å². The monoisotopic (exact) mass is 290 g/mol. The average molecular weight is 290 g/mol. The van der Waals surface area contributed by atoms with Crippen molar-refractivity contribution < 1.29 is 13.2 Å². The summed E-state index contributed by atoms with van der Waals surface area (Å²) < 4.78 is 32.1. The largest absolute Gasteiger partial charge is 0.377 e. The van der Waals surface area contributed by atoms with Gasteiger partial charge in [0.05, 0.1) is 11.9 Å². The van der Waals surface area contributed by atoms with Crippen LogP contribution in [0.2, 0.25) is 0 Å². The van der Waals surface area contributed by atoms with Gasteiger partial charge in [-0.25, -0.2) is 13.1 Å². The van der Waals surface area contributed by atoms with Gasteiger partial charge in [0.2, 0.25) is 10.0 Å². The average Bonchev–Trinajstić information content (AvgIpc) is 2.40. The topological polar surface area (TPSA) is 67.4 Å². The van der Waals surface area contributed by atoms with Crippen LogP contribution in [0.1, 0.15) is 38.5 Å². The van der Waals surface area contributed by atoms with Crippen molar-refractivity contribution in [3.8, 4) is 0 Å². The molecule has 2 saturated heterocycles. The van der Waals surface area contributed by atoms with E-state index in [1.165, 1.54) is 12.8 Å². The predicted octanol–water partition coefficient (Wildman–Crippen LogP) is 0.865. The summed E-state index contributed by atoms with van der Waals surface area (Å²) in [6.07, 6.45) is 6.23. The number of ether oxygens (including phenoxy) is 1. The molecule has 5 nitrogen and oxygen atoms in total. The molecule has 0 radical (unpaired) electrons. The third kappa shape index (κ3) is 5.77. The lowest BCUT2D eigenvalue weighted by Gasteiger charge is -2.24. The van der Waals surface area contributed by atoms with Gasteiger partial charge in [-0.2, -0.15) is 0 Å². The quantitative estimate of drug-likeness (QED) is 0.761. The fourth-order valence-corrected chi connectivity index (χ4v) is 4.13. The van der Waals surface area contributed by atoms with Gasteiger partial charge in [-0.3, -0.25) is 0 Å². The van der Waals surface area contributed by atoms with Gasteiger partial charge in [0.1, 0.15) is 0 Å². The molecule has 2 unspecified atom stereocenters. The lowest BCUT2D eigenvalue weighted by molar-refractivity contribution is 0.0304. The van der Waals surface area contributed by atoms with E-state index in [0.717, 1.165) is 38.8 Å². The molecule has 2 atom stereocenters. The van der Waals surface area contributed by atoms with Gasteiger partial charge in [-0.15, -0.1) is 0 Å². The van der Waals surface area contributed by atoms with E-state index in [1.807, 2.05) is 0 Å². The van der Waals surface area contributed by atoms with E-state index >= 15 is 0 Å². The summed E-state index contributed by atoms with van der Waals surface area (Å²) in [6.45, 7) is 3.38. The minimum atomic E-state index is -3.18. The van der Waals surface area contributed by atoms with E-state index in [9.17, 15) is 8.42 Å². The molecule has 0 aromatic heterocycles. The summed E-state index contributed by atoms with van der Waals surface area (Å²) in [7, 11) is -3.18. The lowest BCUT2D eigenvalue weighted by Crippen LogP contribution is -2.37. The van der Waals surface area contributed by atoms with E-state index in [1.54, 1.807) is 0 Å². The maximum absolute atomic E-state index is 11.9. The Morgan fingerprint density at radius 1 is 1.21 bits per heavy atom. The molecule has 2 aliphatic rings. The molecule has 0 aromatic carbocycles. The molecule has 0 amide bonds. The second-order valence-electron chi connectivity index (χ2n) is 5.67. The van der Waals surface area contributed by atoms with Crippen molar-refractivity contribution >= 4 is 10.0 Å². The third-order valence-corrected chi connectivity index (χ3v) is 5.41. The van der Waals surface area contributed by atoms with Crippen LogP contribution in [0.5, 0.6) is 0 Å². The van der Waals surface area contributed by atoms with Crippen molar-refractivity contribution in [2.24, 2.45) is 5.92 Å². The normalized spacial score (nSPS) is 29.3. The fourth-order valence-electron chi connectivity index (χ4n) is 2.83. The first-order chi connectivity index (χ1) is 9.16. The van der Waals surface area contributed by atoms with Gasteiger partial charge in [0.25, 0.3) is 0 Å². The summed E-state index contributed by atoms with van der Waals surface area (Å²) in [5.74, 6) is 0.734. The highest BCUT2D eigenvalue weighted by Crippen LogP contribution is 2.15. The van der Waals surface area contributed by atoms with Crippen LogP contribution < -0.4 is 10.0 Å². The first kappa shape index (κ1) is 15.2. The zero-order valence-corrected chi connectivity index (χ0v) is 12.4. The number of hydrogen-bond acceptors (Lipinski definition) is 4. The summed E-state index contributed by atoms with van der Waals surface area (Å²) in [4.78, 5) is 0. The van der Waals surface area contributed by atoms with Crippen LogP contribution in [0.15, 0.2) is 0 Å². The van der Waals surface area contributed by atoms with Gasteiger partial charge in [0.15, 0.2) is 0 Å². The second-order valence-corrected chi connectivity index (χ2v) is 7.52. The van der Waals surface area contributed by atoms with Crippen LogP contribution in [0.4, 0.5) is 0 Å². The number of rotatable bonds is 6. The molecule has 6 heteroatoms. The van der Waals surface area contributed by atoms with Crippen LogP contribution in [0.25, 0.3) is 0 Å². The Morgan fingerprint density at radius 2 is 2.11 bits per heavy atom. The highest BCUT2D eigenvalue weighted by Gasteiger charge is 2.22. The molecule has 0 saturated carbocycles. The van der Waals surface area contributed by atoms with E-state index in [2.05, 4.69) is 10.0 Å². The van der Waals surface area contributed by atoms with Gasteiger partial charge in [-0.05, 0) is 57.5 Å². The van der Waals surface area contributed by atoms with E-state index in [0.29, 0.717) is 19.1 Å². The van der Waals surface area contributed by atoms with Crippen LogP contribution in [-0.4, -0.2) is 46.5 Å². The van der Waals surface area contributed by atoms with Crippen molar-refractivity contribution in [2.75, 3.05) is 32.0 Å². The second kappa shape index (κ2) is 7.57. The molecular weight excluding hydrogens is 264 g/mol. The van der Waals surface area contributed by atoms with Crippen molar-refractivity contribution in [1.29, 1.82) is 0 Å². The standard InChI is InChI=1S/C13H26N2O3S/c16-19(17,11-13-5-1-2-9-18-13)15-8-6-12-4-3-7-14-10-12/h12-15H,1-11H2. The minimum absolute atomic E-state index is 0.109. The zero-order chi connectivity index (χ0) is 13.6. The third-order valence-electron chi connectivity index (χ3n) is 3.95. The predicted molar refractivity (Wildman–Crippen MR) is 75.6 cm³/mol. The Kier molecular flexibility index (Phi) is 6.06. The molecule has 2 rings (SSSR count). The molecule has 2 heterocycles. The Bertz CT molecular complexity index is 347.